The maximum absolute atomic E-state index is 12.6. The van der Waals surface area contributed by atoms with Gasteiger partial charge in [0, 0.05) is 18.5 Å². The molecule has 0 aromatic heterocycles. The summed E-state index contributed by atoms with van der Waals surface area (Å²) < 4.78 is 0. The molecule has 0 unspecified atom stereocenters. The highest BCUT2D eigenvalue weighted by molar-refractivity contribution is 7.80. The van der Waals surface area contributed by atoms with Crippen molar-refractivity contribution in [1.82, 2.24) is 4.90 Å². The van der Waals surface area contributed by atoms with Crippen molar-refractivity contribution in [2.75, 3.05) is 12.3 Å². The number of carboxylic acids is 1. The van der Waals surface area contributed by atoms with Gasteiger partial charge in [0.25, 0.3) is 5.91 Å². The Morgan fingerprint density at radius 2 is 2.00 bits per heavy atom. The van der Waals surface area contributed by atoms with E-state index in [1.165, 1.54) is 4.90 Å². The molecule has 1 heterocycles. The van der Waals surface area contributed by atoms with Crippen molar-refractivity contribution in [2.24, 2.45) is 4.99 Å². The highest BCUT2D eigenvalue weighted by atomic mass is 32.1. The molecule has 5 nitrogen and oxygen atoms in total. The smallest absolute Gasteiger partial charge is 0.328 e. The summed E-state index contributed by atoms with van der Waals surface area (Å²) in [5, 5.41) is 9.21. The molecule has 0 fully saturated rings. The molecule has 1 amide bonds. The Morgan fingerprint density at radius 1 is 1.27 bits per heavy atom. The van der Waals surface area contributed by atoms with Gasteiger partial charge in [-0.2, -0.15) is 12.6 Å². The first kappa shape index (κ1) is 16.3. The van der Waals surface area contributed by atoms with E-state index < -0.39 is 12.0 Å². The lowest BCUT2D eigenvalue weighted by Crippen LogP contribution is -2.40. The number of carbonyl (C=O) groups is 2. The number of amidine groups is 1. The second kappa shape index (κ2) is 7.79. The largest absolute Gasteiger partial charge is 0.480 e. The molecule has 0 radical (unpaired) electrons. The Kier molecular flexibility index (Phi) is 5.77. The van der Waals surface area contributed by atoms with Crippen LogP contribution in [0.4, 0.5) is 0 Å². The lowest BCUT2D eigenvalue weighted by molar-refractivity contribution is -0.138. The maximum atomic E-state index is 12.6. The molecule has 1 aliphatic heterocycles. The molecule has 1 aromatic rings. The highest BCUT2D eigenvalue weighted by Crippen LogP contribution is 2.14. The molecule has 0 saturated heterocycles. The molecular weight excluding hydrogens is 300 g/mol. The SMILES string of the molecule is O=C(O)[C@H](CCS)N=C1CC=CCN1C(=O)c1ccccc1. The lowest BCUT2D eigenvalue weighted by atomic mass is 10.1. The zero-order valence-corrected chi connectivity index (χ0v) is 12.9. The van der Waals surface area contributed by atoms with Gasteiger partial charge in [0.1, 0.15) is 11.9 Å². The van der Waals surface area contributed by atoms with Gasteiger partial charge in [0.05, 0.1) is 0 Å². The molecule has 1 atom stereocenters. The van der Waals surface area contributed by atoms with Gasteiger partial charge in [-0.25, -0.2) is 4.79 Å². The first-order valence-corrected chi connectivity index (χ1v) is 7.69. The number of carbonyl (C=O) groups excluding carboxylic acids is 1. The van der Waals surface area contributed by atoms with Gasteiger partial charge in [-0.3, -0.25) is 14.7 Å². The van der Waals surface area contributed by atoms with Crippen LogP contribution in [0, 0.1) is 0 Å². The topological polar surface area (TPSA) is 70.0 Å². The standard InChI is InChI=1S/C16H18N2O3S/c19-15(12-6-2-1-3-7-12)18-10-5-4-8-14(18)17-13(9-11-22)16(20)21/h1-7,13,22H,8-11H2,(H,20,21)/t13-/m0/s1. The summed E-state index contributed by atoms with van der Waals surface area (Å²) in [4.78, 5) is 29.6. The van der Waals surface area contributed by atoms with Crippen molar-refractivity contribution in [2.45, 2.75) is 18.9 Å². The number of rotatable bonds is 5. The van der Waals surface area contributed by atoms with E-state index in [0.717, 1.165) is 0 Å². The summed E-state index contributed by atoms with van der Waals surface area (Å²) in [6.07, 6.45) is 4.56. The van der Waals surface area contributed by atoms with E-state index in [1.807, 2.05) is 18.2 Å². The van der Waals surface area contributed by atoms with Crippen LogP contribution in [0.5, 0.6) is 0 Å². The van der Waals surface area contributed by atoms with Crippen LogP contribution in [0.15, 0.2) is 47.5 Å². The third-order valence-corrected chi connectivity index (χ3v) is 3.58. The van der Waals surface area contributed by atoms with Crippen LogP contribution in [-0.4, -0.2) is 46.1 Å². The number of hydrogen-bond acceptors (Lipinski definition) is 4. The van der Waals surface area contributed by atoms with E-state index in [4.69, 9.17) is 0 Å². The van der Waals surface area contributed by atoms with E-state index >= 15 is 0 Å². The van der Waals surface area contributed by atoms with Crippen molar-refractivity contribution in [3.8, 4) is 0 Å². The molecule has 2 rings (SSSR count). The summed E-state index contributed by atoms with van der Waals surface area (Å²) in [5.74, 6) is -0.247. The molecule has 0 aliphatic carbocycles. The molecule has 0 spiro atoms. The Bertz CT molecular complexity index is 599. The molecule has 6 heteroatoms. The van der Waals surface area contributed by atoms with Crippen LogP contribution in [-0.2, 0) is 4.79 Å². The van der Waals surface area contributed by atoms with Gasteiger partial charge >= 0.3 is 5.97 Å². The minimum Gasteiger partial charge on any atom is -0.480 e. The highest BCUT2D eigenvalue weighted by Gasteiger charge is 2.24. The van der Waals surface area contributed by atoms with Gasteiger partial charge in [0.15, 0.2) is 0 Å². The van der Waals surface area contributed by atoms with Crippen LogP contribution in [0.2, 0.25) is 0 Å². The Hall–Kier alpha value is -2.08. The molecule has 0 bridgehead atoms. The number of benzene rings is 1. The van der Waals surface area contributed by atoms with E-state index in [-0.39, 0.29) is 5.91 Å². The minimum atomic E-state index is -0.997. The maximum Gasteiger partial charge on any atom is 0.328 e. The van der Waals surface area contributed by atoms with Crippen LogP contribution in [0.1, 0.15) is 23.2 Å². The Morgan fingerprint density at radius 3 is 2.64 bits per heavy atom. The average Bonchev–Trinajstić information content (AvgIpc) is 2.55. The molecule has 1 aliphatic rings. The summed E-state index contributed by atoms with van der Waals surface area (Å²) >= 11 is 4.07. The Labute approximate surface area is 134 Å². The van der Waals surface area contributed by atoms with Crippen LogP contribution < -0.4 is 0 Å². The predicted octanol–water partition coefficient (Wildman–Crippen LogP) is 2.26. The fraction of sp³-hybridized carbons (Fsp3) is 0.312. The quantitative estimate of drug-likeness (QED) is 0.646. The zero-order chi connectivity index (χ0) is 15.9. The first-order valence-electron chi connectivity index (χ1n) is 7.05. The molecule has 116 valence electrons. The number of nitrogens with zero attached hydrogens (tertiary/aromatic N) is 2. The van der Waals surface area contributed by atoms with Crippen LogP contribution >= 0.6 is 12.6 Å². The van der Waals surface area contributed by atoms with Gasteiger partial charge < -0.3 is 5.11 Å². The molecular formula is C16H18N2O3S. The zero-order valence-electron chi connectivity index (χ0n) is 12.1. The number of carboxylic acid groups (broad SMARTS) is 1. The van der Waals surface area contributed by atoms with Gasteiger partial charge in [0.2, 0.25) is 0 Å². The van der Waals surface area contributed by atoms with E-state index in [0.29, 0.717) is 36.5 Å². The number of aliphatic carboxylic acids is 1. The van der Waals surface area contributed by atoms with Crippen molar-refractivity contribution in [3.05, 3.63) is 48.0 Å². The average molecular weight is 318 g/mol. The molecule has 1 aromatic carbocycles. The monoisotopic (exact) mass is 318 g/mol. The van der Waals surface area contributed by atoms with Gasteiger partial charge in [-0.05, 0) is 24.3 Å². The number of hydrogen-bond donors (Lipinski definition) is 2. The number of thiol groups is 1. The second-order valence-electron chi connectivity index (χ2n) is 4.87. The van der Waals surface area contributed by atoms with Crippen molar-refractivity contribution >= 4 is 30.3 Å². The summed E-state index contributed by atoms with van der Waals surface area (Å²) in [6, 6.07) is 8.04. The molecule has 0 saturated carbocycles. The van der Waals surface area contributed by atoms with E-state index in [1.54, 1.807) is 24.3 Å². The third kappa shape index (κ3) is 3.98. The summed E-state index contributed by atoms with van der Waals surface area (Å²) in [7, 11) is 0. The molecule has 1 N–H and O–H groups in total. The number of amides is 1. The first-order chi connectivity index (χ1) is 10.6. The summed E-state index contributed by atoms with van der Waals surface area (Å²) in [5.41, 5.74) is 0.562. The Balaban J connectivity index is 2.27. The number of aliphatic imine (C=N–C) groups is 1. The normalized spacial score (nSPS) is 17.5. The van der Waals surface area contributed by atoms with Gasteiger partial charge in [-0.15, -0.1) is 0 Å². The summed E-state index contributed by atoms with van der Waals surface area (Å²) in [6.45, 7) is 0.403. The fourth-order valence-electron chi connectivity index (χ4n) is 2.19. The lowest BCUT2D eigenvalue weighted by Gasteiger charge is -2.26. The van der Waals surface area contributed by atoms with E-state index in [9.17, 15) is 14.7 Å². The molecule has 22 heavy (non-hydrogen) atoms. The van der Waals surface area contributed by atoms with Gasteiger partial charge in [-0.1, -0.05) is 30.4 Å². The van der Waals surface area contributed by atoms with Crippen LogP contribution in [0.25, 0.3) is 0 Å². The minimum absolute atomic E-state index is 0.168. The predicted molar refractivity (Wildman–Crippen MR) is 88.6 cm³/mol. The second-order valence-corrected chi connectivity index (χ2v) is 5.32. The van der Waals surface area contributed by atoms with Crippen LogP contribution in [0.3, 0.4) is 0 Å². The third-order valence-electron chi connectivity index (χ3n) is 3.32. The van der Waals surface area contributed by atoms with Crippen molar-refractivity contribution in [1.29, 1.82) is 0 Å². The van der Waals surface area contributed by atoms with E-state index in [2.05, 4.69) is 17.6 Å². The van der Waals surface area contributed by atoms with Crippen molar-refractivity contribution in [3.63, 3.8) is 0 Å². The fourth-order valence-corrected chi connectivity index (χ4v) is 2.43. The van der Waals surface area contributed by atoms with Crippen molar-refractivity contribution < 1.29 is 14.7 Å².